The number of hydrogen-bond donors (Lipinski definition) is 0. The molecule has 242 valence electrons. The van der Waals surface area contributed by atoms with Gasteiger partial charge in [-0.15, -0.1) is 13.2 Å². The van der Waals surface area contributed by atoms with Gasteiger partial charge >= 0.3 is 24.5 Å². The average molecular weight is 668 g/mol. The zero-order valence-corrected chi connectivity index (χ0v) is 24.6. The molecule has 1 aliphatic heterocycles. The van der Waals surface area contributed by atoms with Crippen LogP contribution in [0.4, 0.5) is 31.5 Å². The maximum Gasteiger partial charge on any atom is 0.573 e. The fourth-order valence-electron chi connectivity index (χ4n) is 6.27. The molecule has 2 aliphatic carbocycles. The Balaban J connectivity index is 1.13. The quantitative estimate of drug-likeness (QED) is 0.148. The van der Waals surface area contributed by atoms with Crippen LogP contribution in [0.25, 0.3) is 21.5 Å². The summed E-state index contributed by atoms with van der Waals surface area (Å²) in [6.07, 6.45) is -7.90. The number of methoxy groups -OCH3 is 1. The van der Waals surface area contributed by atoms with Crippen LogP contribution in [0, 0.1) is 5.92 Å². The van der Waals surface area contributed by atoms with E-state index in [1.165, 1.54) is 24.3 Å². The zero-order valence-electron chi connectivity index (χ0n) is 23.8. The minimum absolute atomic E-state index is 0.0672. The molecule has 2 aromatic heterocycles. The van der Waals surface area contributed by atoms with Gasteiger partial charge in [0.1, 0.15) is 22.9 Å². The number of carbonyl (C=O) groups excluding carboxylic acids is 2. The van der Waals surface area contributed by atoms with Crippen LogP contribution < -0.4 is 9.64 Å². The number of esters is 2. The smallest absolute Gasteiger partial charge is 0.465 e. The van der Waals surface area contributed by atoms with E-state index < -0.39 is 41.9 Å². The number of nitrogens with zero attached hydrogens (tertiary/aromatic N) is 3. The van der Waals surface area contributed by atoms with E-state index in [4.69, 9.17) is 9.26 Å². The fourth-order valence-corrected chi connectivity index (χ4v) is 7.38. The van der Waals surface area contributed by atoms with Gasteiger partial charge in [-0.2, -0.15) is 13.2 Å². The summed E-state index contributed by atoms with van der Waals surface area (Å²) in [5.74, 6) is -2.39. The van der Waals surface area contributed by atoms with E-state index in [1.54, 1.807) is 0 Å². The molecular formula is C30H23F6N3O6S. The van der Waals surface area contributed by atoms with E-state index in [-0.39, 0.29) is 56.2 Å². The Hall–Kier alpha value is -4.34. The summed E-state index contributed by atoms with van der Waals surface area (Å²) in [6, 6.07) is 6.96. The van der Waals surface area contributed by atoms with Crippen molar-refractivity contribution >= 4 is 38.6 Å². The van der Waals surface area contributed by atoms with Crippen LogP contribution in [-0.4, -0.2) is 54.2 Å². The monoisotopic (exact) mass is 667 g/mol. The number of ether oxygens (including phenoxy) is 3. The van der Waals surface area contributed by atoms with E-state index in [0.29, 0.717) is 37.4 Å². The number of hydrogen-bond acceptors (Lipinski definition) is 10. The van der Waals surface area contributed by atoms with Crippen LogP contribution >= 0.6 is 11.3 Å². The lowest BCUT2D eigenvalue weighted by atomic mass is 9.99. The Kier molecular flexibility index (Phi) is 7.17. The third-order valence-electron chi connectivity index (χ3n) is 8.43. The van der Waals surface area contributed by atoms with E-state index in [0.717, 1.165) is 30.6 Å². The van der Waals surface area contributed by atoms with Gasteiger partial charge in [0.2, 0.25) is 0 Å². The van der Waals surface area contributed by atoms with Gasteiger partial charge in [0.05, 0.1) is 22.9 Å². The van der Waals surface area contributed by atoms with Crippen LogP contribution in [0.5, 0.6) is 5.75 Å². The molecule has 0 amide bonds. The highest BCUT2D eigenvalue weighted by molar-refractivity contribution is 7.22. The zero-order chi connectivity index (χ0) is 32.5. The number of carbonyl (C=O) groups is 2. The van der Waals surface area contributed by atoms with Crippen LogP contribution in [-0.2, 0) is 15.7 Å². The van der Waals surface area contributed by atoms with Gasteiger partial charge in [0.15, 0.2) is 16.6 Å². The van der Waals surface area contributed by atoms with Gasteiger partial charge in [-0.25, -0.2) is 14.6 Å². The number of piperidine rings is 1. The number of benzene rings is 2. The van der Waals surface area contributed by atoms with Gasteiger partial charge in [0.25, 0.3) is 0 Å². The summed E-state index contributed by atoms with van der Waals surface area (Å²) in [4.78, 5) is 32.0. The Morgan fingerprint density at radius 1 is 1.04 bits per heavy atom. The number of anilines is 1. The Morgan fingerprint density at radius 2 is 1.80 bits per heavy atom. The summed E-state index contributed by atoms with van der Waals surface area (Å²) < 4.78 is 101. The highest BCUT2D eigenvalue weighted by atomic mass is 32.1. The second-order valence-electron chi connectivity index (χ2n) is 11.4. The largest absolute Gasteiger partial charge is 0.573 e. The first-order valence-electron chi connectivity index (χ1n) is 14.2. The molecule has 2 bridgehead atoms. The van der Waals surface area contributed by atoms with Crippen LogP contribution in [0.1, 0.15) is 63.6 Å². The van der Waals surface area contributed by atoms with Gasteiger partial charge in [-0.05, 0) is 37.5 Å². The highest BCUT2D eigenvalue weighted by Crippen LogP contribution is 2.48. The molecule has 46 heavy (non-hydrogen) atoms. The maximum atomic E-state index is 13.8. The van der Waals surface area contributed by atoms with E-state index >= 15 is 0 Å². The first-order chi connectivity index (χ1) is 21.8. The number of alkyl halides is 6. The molecule has 3 fully saturated rings. The first kappa shape index (κ1) is 30.3. The summed E-state index contributed by atoms with van der Waals surface area (Å²) >= 11 is 1.08. The number of thiazole rings is 1. The molecule has 0 spiro atoms. The van der Waals surface area contributed by atoms with Crippen LogP contribution in [0.2, 0.25) is 0 Å². The second-order valence-corrected chi connectivity index (χ2v) is 12.4. The maximum absolute atomic E-state index is 13.8. The van der Waals surface area contributed by atoms with Gasteiger partial charge in [0, 0.05) is 36.4 Å². The molecule has 0 unspecified atom stereocenters. The van der Waals surface area contributed by atoms with E-state index in [2.05, 4.69) is 19.6 Å². The van der Waals surface area contributed by atoms with Crippen molar-refractivity contribution in [3.8, 4) is 17.0 Å². The standard InChI is InChI=1S/C30H23F6N3O6S/c1-42-26(40)14-9-20(44-30(34,35)36)24-21(10-14)46-28(37-24)39-12-15-8-16(39)11-19(15)43-27(41)22-23(38-45-25(22)13-6-7-13)17-4-2-3-5-18(17)29(31,32)33/h2-5,9-10,13,15-16,19H,6-8,11-12H2,1H3/t15-,16-,19+/m0/s1. The molecule has 2 aromatic carbocycles. The molecule has 3 aliphatic rings. The van der Waals surface area contributed by atoms with Crippen molar-refractivity contribution in [2.24, 2.45) is 5.92 Å². The minimum atomic E-state index is -5.02. The van der Waals surface area contributed by atoms with E-state index in [9.17, 15) is 35.9 Å². The third-order valence-corrected chi connectivity index (χ3v) is 9.47. The highest BCUT2D eigenvalue weighted by Gasteiger charge is 2.49. The predicted octanol–water partition coefficient (Wildman–Crippen LogP) is 7.36. The molecule has 7 rings (SSSR count). The number of halogens is 6. The van der Waals surface area contributed by atoms with Crippen molar-refractivity contribution in [2.75, 3.05) is 18.6 Å². The molecule has 3 atom stereocenters. The normalized spacial score (nSPS) is 21.2. The third kappa shape index (κ3) is 5.52. The second kappa shape index (κ2) is 10.9. The van der Waals surface area contributed by atoms with Gasteiger partial charge < -0.3 is 23.6 Å². The van der Waals surface area contributed by atoms with E-state index in [1.807, 2.05) is 4.90 Å². The Labute approximate surface area is 260 Å². The molecular weight excluding hydrogens is 644 g/mol. The molecule has 16 heteroatoms. The molecule has 0 radical (unpaired) electrons. The lowest BCUT2D eigenvalue weighted by molar-refractivity contribution is -0.274. The van der Waals surface area contributed by atoms with Crippen molar-refractivity contribution in [2.45, 2.75) is 56.3 Å². The van der Waals surface area contributed by atoms with Crippen molar-refractivity contribution < 1.29 is 54.7 Å². The summed E-state index contributed by atoms with van der Waals surface area (Å²) in [5, 5.41) is 4.29. The summed E-state index contributed by atoms with van der Waals surface area (Å²) in [6.45, 7) is 0.366. The van der Waals surface area contributed by atoms with Crippen molar-refractivity contribution in [1.82, 2.24) is 10.1 Å². The average Bonchev–Trinajstić information content (AvgIpc) is 3.33. The lowest BCUT2D eigenvalue weighted by Gasteiger charge is -2.31. The number of aromatic nitrogens is 2. The minimum Gasteiger partial charge on any atom is -0.465 e. The number of rotatable bonds is 7. The van der Waals surface area contributed by atoms with Crippen molar-refractivity contribution in [3.05, 3.63) is 58.8 Å². The summed E-state index contributed by atoms with van der Waals surface area (Å²) in [7, 11) is 1.11. The van der Waals surface area contributed by atoms with Crippen molar-refractivity contribution in [3.63, 3.8) is 0 Å². The lowest BCUT2D eigenvalue weighted by Crippen LogP contribution is -2.39. The summed E-state index contributed by atoms with van der Waals surface area (Å²) in [5.41, 5.74) is -1.75. The first-order valence-corrected chi connectivity index (χ1v) is 15.0. The van der Waals surface area contributed by atoms with Crippen LogP contribution in [0.15, 0.2) is 40.9 Å². The molecule has 3 heterocycles. The van der Waals surface area contributed by atoms with Gasteiger partial charge in [-0.1, -0.05) is 34.7 Å². The fraction of sp³-hybridized carbons (Fsp3) is 0.400. The Bertz CT molecular complexity index is 1850. The Morgan fingerprint density at radius 3 is 2.46 bits per heavy atom. The molecule has 9 nitrogen and oxygen atoms in total. The topological polar surface area (TPSA) is 104 Å². The van der Waals surface area contributed by atoms with Crippen LogP contribution in [0.3, 0.4) is 0 Å². The SMILES string of the molecule is COC(=O)c1cc(OC(F)(F)F)c2nc(N3C[C@@H]4C[C@H]3C[C@H]4OC(=O)c3c(-c4ccccc4C(F)(F)F)noc3C3CC3)sc2c1. The number of fused-ring (bicyclic) bond motifs is 3. The molecule has 0 N–H and O–H groups in total. The molecule has 1 saturated heterocycles. The van der Waals surface area contributed by atoms with Gasteiger partial charge in [-0.3, -0.25) is 0 Å². The predicted molar refractivity (Wildman–Crippen MR) is 150 cm³/mol. The molecule has 2 saturated carbocycles. The van der Waals surface area contributed by atoms with Crippen molar-refractivity contribution in [1.29, 1.82) is 0 Å². The molecule has 4 aromatic rings.